The van der Waals surface area contributed by atoms with Gasteiger partial charge in [0.15, 0.2) is 9.84 Å². The van der Waals surface area contributed by atoms with Gasteiger partial charge in [0, 0.05) is 11.7 Å². The Bertz CT molecular complexity index is 569. The van der Waals surface area contributed by atoms with E-state index >= 15 is 0 Å². The maximum atomic E-state index is 12.5. The minimum absolute atomic E-state index is 0.201. The van der Waals surface area contributed by atoms with E-state index in [1.165, 1.54) is 12.8 Å². The molecular weight excluding hydrogens is 272 g/mol. The van der Waals surface area contributed by atoms with Crippen molar-refractivity contribution >= 4 is 15.5 Å². The zero-order chi connectivity index (χ0) is 14.8. The van der Waals surface area contributed by atoms with E-state index in [1.54, 1.807) is 25.1 Å². The van der Waals surface area contributed by atoms with Crippen LogP contribution in [0.3, 0.4) is 0 Å². The Balaban J connectivity index is 2.09. The third-order valence-corrected chi connectivity index (χ3v) is 6.19. The van der Waals surface area contributed by atoms with Gasteiger partial charge in [-0.25, -0.2) is 8.42 Å². The molecule has 0 spiro atoms. The van der Waals surface area contributed by atoms with Crippen molar-refractivity contribution in [3.05, 3.63) is 23.8 Å². The van der Waals surface area contributed by atoms with Crippen molar-refractivity contribution in [2.24, 2.45) is 0 Å². The lowest BCUT2D eigenvalue weighted by Crippen LogP contribution is -2.37. The Morgan fingerprint density at radius 3 is 2.80 bits per heavy atom. The lowest BCUT2D eigenvalue weighted by atomic mass is 10.0. The molecule has 1 aliphatic heterocycles. The van der Waals surface area contributed by atoms with E-state index in [1.807, 2.05) is 0 Å². The van der Waals surface area contributed by atoms with Gasteiger partial charge in [0.1, 0.15) is 0 Å². The Hall–Kier alpha value is -1.07. The first kappa shape index (κ1) is 15.3. The summed E-state index contributed by atoms with van der Waals surface area (Å²) in [7, 11) is -1.16. The quantitative estimate of drug-likeness (QED) is 0.865. The molecule has 1 unspecified atom stereocenters. The summed E-state index contributed by atoms with van der Waals surface area (Å²) in [4.78, 5) is 2.67. The van der Waals surface area contributed by atoms with Gasteiger partial charge in [-0.1, -0.05) is 12.5 Å². The summed E-state index contributed by atoms with van der Waals surface area (Å²) in [6.07, 6.45) is 4.22. The summed E-state index contributed by atoms with van der Waals surface area (Å²) in [5.74, 6) is 0.201. The SMILES string of the molecule is Cc1c(N)cccc1S(=O)(=O)CCC1CCCCN1C. The number of likely N-dealkylation sites (tertiary alicyclic amines) is 1. The third kappa shape index (κ3) is 3.33. The van der Waals surface area contributed by atoms with Crippen LogP contribution in [-0.2, 0) is 9.84 Å². The van der Waals surface area contributed by atoms with Crippen molar-refractivity contribution in [1.82, 2.24) is 4.90 Å². The zero-order valence-electron chi connectivity index (χ0n) is 12.3. The van der Waals surface area contributed by atoms with Gasteiger partial charge in [0.2, 0.25) is 0 Å². The van der Waals surface area contributed by atoms with Crippen molar-refractivity contribution in [2.45, 2.75) is 43.5 Å². The number of piperidine rings is 1. The van der Waals surface area contributed by atoms with Crippen molar-refractivity contribution in [3.8, 4) is 0 Å². The second-order valence-corrected chi connectivity index (χ2v) is 7.79. The molecule has 0 aromatic heterocycles. The highest BCUT2D eigenvalue weighted by Gasteiger charge is 2.23. The standard InChI is InChI=1S/C15H24N2O2S/c1-12-14(16)7-5-8-15(12)20(18,19)11-9-13-6-3-4-10-17(13)2/h5,7-8,13H,3-4,6,9-11,16H2,1-2H3. The fourth-order valence-corrected chi connectivity index (χ4v) is 4.55. The number of anilines is 1. The molecule has 1 aromatic carbocycles. The molecule has 0 radical (unpaired) electrons. The maximum absolute atomic E-state index is 12.5. The largest absolute Gasteiger partial charge is 0.398 e. The number of benzene rings is 1. The van der Waals surface area contributed by atoms with Crippen LogP contribution < -0.4 is 5.73 Å². The predicted molar refractivity (Wildman–Crippen MR) is 82.5 cm³/mol. The molecule has 1 aromatic rings. The normalized spacial score (nSPS) is 21.0. The van der Waals surface area contributed by atoms with E-state index < -0.39 is 9.84 Å². The zero-order valence-corrected chi connectivity index (χ0v) is 13.1. The van der Waals surface area contributed by atoms with E-state index in [0.717, 1.165) is 13.0 Å². The monoisotopic (exact) mass is 296 g/mol. The molecule has 0 aliphatic carbocycles. The second-order valence-electron chi connectivity index (χ2n) is 5.71. The molecule has 1 fully saturated rings. The summed E-state index contributed by atoms with van der Waals surface area (Å²) in [6.45, 7) is 2.84. The first-order valence-electron chi connectivity index (χ1n) is 7.20. The third-order valence-electron chi connectivity index (χ3n) is 4.30. The van der Waals surface area contributed by atoms with Crippen molar-refractivity contribution in [3.63, 3.8) is 0 Å². The van der Waals surface area contributed by atoms with Gasteiger partial charge in [-0.2, -0.15) is 0 Å². The van der Waals surface area contributed by atoms with Crippen LogP contribution in [0.2, 0.25) is 0 Å². The second kappa shape index (κ2) is 6.14. The molecule has 2 rings (SSSR count). The fourth-order valence-electron chi connectivity index (χ4n) is 2.88. The van der Waals surface area contributed by atoms with Crippen LogP contribution >= 0.6 is 0 Å². The summed E-state index contributed by atoms with van der Waals surface area (Å²) in [5.41, 5.74) is 7.02. The van der Waals surface area contributed by atoms with E-state index in [9.17, 15) is 8.42 Å². The van der Waals surface area contributed by atoms with Crippen LogP contribution in [0.5, 0.6) is 0 Å². The van der Waals surface area contributed by atoms with Crippen LogP contribution in [0, 0.1) is 6.92 Å². The van der Waals surface area contributed by atoms with Gasteiger partial charge >= 0.3 is 0 Å². The van der Waals surface area contributed by atoms with Crippen molar-refractivity contribution in [2.75, 3.05) is 25.1 Å². The minimum Gasteiger partial charge on any atom is -0.398 e. The van der Waals surface area contributed by atoms with Gasteiger partial charge in [-0.05, 0) is 57.5 Å². The highest BCUT2D eigenvalue weighted by atomic mass is 32.2. The van der Waals surface area contributed by atoms with Crippen molar-refractivity contribution in [1.29, 1.82) is 0 Å². The maximum Gasteiger partial charge on any atom is 0.178 e. The molecule has 1 heterocycles. The molecule has 1 atom stereocenters. The molecular formula is C15H24N2O2S. The lowest BCUT2D eigenvalue weighted by Gasteiger charge is -2.32. The average molecular weight is 296 g/mol. The van der Waals surface area contributed by atoms with Crippen LogP contribution in [0.4, 0.5) is 5.69 Å². The Morgan fingerprint density at radius 2 is 2.10 bits per heavy atom. The van der Waals surface area contributed by atoms with Crippen LogP contribution in [0.1, 0.15) is 31.2 Å². The van der Waals surface area contributed by atoms with Gasteiger partial charge < -0.3 is 10.6 Å². The molecule has 0 amide bonds. The average Bonchev–Trinajstić information content (AvgIpc) is 2.41. The Kier molecular flexibility index (Phi) is 4.70. The van der Waals surface area contributed by atoms with Crippen molar-refractivity contribution < 1.29 is 8.42 Å². The van der Waals surface area contributed by atoms with Gasteiger partial charge in [0.05, 0.1) is 10.6 Å². The molecule has 1 saturated heterocycles. The number of sulfone groups is 1. The van der Waals surface area contributed by atoms with Crippen LogP contribution in [0.15, 0.2) is 23.1 Å². The molecule has 4 nitrogen and oxygen atoms in total. The molecule has 2 N–H and O–H groups in total. The number of nitrogens with two attached hydrogens (primary N) is 1. The Morgan fingerprint density at radius 1 is 1.35 bits per heavy atom. The number of nitrogen functional groups attached to an aromatic ring is 1. The summed E-state index contributed by atoms with van der Waals surface area (Å²) in [5, 5.41) is 0. The topological polar surface area (TPSA) is 63.4 Å². The molecule has 1 aliphatic rings. The molecule has 5 heteroatoms. The Labute approximate surface area is 121 Å². The lowest BCUT2D eigenvalue weighted by molar-refractivity contribution is 0.181. The summed E-state index contributed by atoms with van der Waals surface area (Å²) in [6, 6.07) is 5.50. The number of hydrogen-bond donors (Lipinski definition) is 1. The number of rotatable bonds is 4. The minimum atomic E-state index is -3.24. The predicted octanol–water partition coefficient (Wildman–Crippen LogP) is 2.23. The smallest absolute Gasteiger partial charge is 0.178 e. The summed E-state index contributed by atoms with van der Waals surface area (Å²) >= 11 is 0. The van der Waals surface area contributed by atoms with E-state index in [0.29, 0.717) is 28.6 Å². The molecule has 112 valence electrons. The van der Waals surface area contributed by atoms with Crippen LogP contribution in [0.25, 0.3) is 0 Å². The molecule has 0 bridgehead atoms. The van der Waals surface area contributed by atoms with Gasteiger partial charge in [0.25, 0.3) is 0 Å². The first-order valence-corrected chi connectivity index (χ1v) is 8.85. The highest BCUT2D eigenvalue weighted by molar-refractivity contribution is 7.91. The van der Waals surface area contributed by atoms with Crippen LogP contribution in [-0.4, -0.2) is 38.7 Å². The van der Waals surface area contributed by atoms with E-state index in [4.69, 9.17) is 5.73 Å². The molecule has 0 saturated carbocycles. The summed E-state index contributed by atoms with van der Waals surface area (Å²) < 4.78 is 25.0. The first-order chi connectivity index (χ1) is 9.42. The van der Waals surface area contributed by atoms with Gasteiger partial charge in [-0.15, -0.1) is 0 Å². The molecule has 20 heavy (non-hydrogen) atoms. The van der Waals surface area contributed by atoms with E-state index in [2.05, 4.69) is 11.9 Å². The van der Waals surface area contributed by atoms with E-state index in [-0.39, 0.29) is 5.75 Å². The number of hydrogen-bond acceptors (Lipinski definition) is 4. The highest BCUT2D eigenvalue weighted by Crippen LogP contribution is 2.24. The number of nitrogens with zero attached hydrogens (tertiary/aromatic N) is 1. The fraction of sp³-hybridized carbons (Fsp3) is 0.600. The van der Waals surface area contributed by atoms with Gasteiger partial charge in [-0.3, -0.25) is 0 Å².